The molecule has 2 spiro atoms. The number of piperidine rings is 1. The molecule has 7 rings (SSSR count). The smallest absolute Gasteiger partial charge is 0.188 e. The molecule has 2 heterocycles. The van der Waals surface area contributed by atoms with Crippen molar-refractivity contribution < 1.29 is 24.4 Å². The summed E-state index contributed by atoms with van der Waals surface area (Å²) < 4.78 is 18.1. The van der Waals surface area contributed by atoms with E-state index in [4.69, 9.17) is 14.2 Å². The van der Waals surface area contributed by atoms with Gasteiger partial charge in [0.05, 0.1) is 17.6 Å². The maximum Gasteiger partial charge on any atom is 0.188 e. The molecule has 6 heteroatoms. The highest BCUT2D eigenvalue weighted by atomic mass is 16.7. The number of ether oxygens (including phenoxy) is 3. The van der Waals surface area contributed by atoms with Crippen molar-refractivity contribution in [2.45, 2.75) is 74.5 Å². The number of rotatable bonds is 6. The SMILES string of the molecule is COCOc1ccc2c3c1O[C@H]1[C@@]4(CC/C4=C\CO)CC[C@@]4(O)[C@@H](C2)N(CC2CC2)CC[C@]314. The zero-order valence-electron chi connectivity index (χ0n) is 19.5. The average molecular weight is 454 g/mol. The van der Waals surface area contributed by atoms with E-state index >= 15 is 0 Å². The Kier molecular flexibility index (Phi) is 4.38. The molecular formula is C27H35NO5. The van der Waals surface area contributed by atoms with Crippen LogP contribution in [0.2, 0.25) is 0 Å². The number of fused-ring (bicyclic) bond motifs is 1. The predicted octanol–water partition coefficient (Wildman–Crippen LogP) is 2.93. The van der Waals surface area contributed by atoms with Crippen LogP contribution < -0.4 is 9.47 Å². The highest BCUT2D eigenvalue weighted by Crippen LogP contribution is 2.72. The van der Waals surface area contributed by atoms with Gasteiger partial charge in [-0.15, -0.1) is 0 Å². The summed E-state index contributed by atoms with van der Waals surface area (Å²) in [7, 11) is 1.63. The highest BCUT2D eigenvalue weighted by Gasteiger charge is 2.77. The van der Waals surface area contributed by atoms with E-state index in [0.29, 0.717) is 0 Å². The zero-order chi connectivity index (χ0) is 22.4. The molecule has 0 radical (unpaired) electrons. The predicted molar refractivity (Wildman–Crippen MR) is 122 cm³/mol. The van der Waals surface area contributed by atoms with Gasteiger partial charge < -0.3 is 24.4 Å². The second-order valence-corrected chi connectivity index (χ2v) is 11.3. The molecule has 0 amide bonds. The van der Waals surface area contributed by atoms with E-state index in [1.807, 2.05) is 12.1 Å². The molecule has 2 aliphatic heterocycles. The van der Waals surface area contributed by atoms with E-state index in [2.05, 4.69) is 11.0 Å². The summed E-state index contributed by atoms with van der Waals surface area (Å²) in [4.78, 5) is 2.61. The lowest BCUT2D eigenvalue weighted by atomic mass is 9.40. The van der Waals surface area contributed by atoms with Crippen LogP contribution in [0.15, 0.2) is 23.8 Å². The lowest BCUT2D eigenvalue weighted by Gasteiger charge is -2.68. The van der Waals surface area contributed by atoms with Gasteiger partial charge in [-0.2, -0.15) is 0 Å². The molecule has 2 N–H and O–H groups in total. The first-order chi connectivity index (χ1) is 16.1. The van der Waals surface area contributed by atoms with Gasteiger partial charge in [-0.1, -0.05) is 17.7 Å². The van der Waals surface area contributed by atoms with Gasteiger partial charge in [0, 0.05) is 30.7 Å². The Bertz CT molecular complexity index is 1020. The van der Waals surface area contributed by atoms with Crippen molar-refractivity contribution in [3.05, 3.63) is 34.9 Å². The first-order valence-electron chi connectivity index (χ1n) is 12.8. The summed E-state index contributed by atoms with van der Waals surface area (Å²) >= 11 is 0. The summed E-state index contributed by atoms with van der Waals surface area (Å²) in [6.45, 7) is 2.38. The molecule has 4 aliphatic carbocycles. The van der Waals surface area contributed by atoms with Gasteiger partial charge in [0.1, 0.15) is 6.10 Å². The van der Waals surface area contributed by atoms with Gasteiger partial charge in [0.25, 0.3) is 0 Å². The summed E-state index contributed by atoms with van der Waals surface area (Å²) in [5.74, 6) is 2.36. The Balaban J connectivity index is 1.40. The van der Waals surface area contributed by atoms with E-state index in [1.54, 1.807) is 7.11 Å². The van der Waals surface area contributed by atoms with Crippen molar-refractivity contribution in [2.24, 2.45) is 11.3 Å². The fourth-order valence-corrected chi connectivity index (χ4v) is 8.42. The topological polar surface area (TPSA) is 71.4 Å². The Labute approximate surface area is 195 Å². The summed E-state index contributed by atoms with van der Waals surface area (Å²) in [6, 6.07) is 4.38. The number of aliphatic hydroxyl groups excluding tert-OH is 1. The van der Waals surface area contributed by atoms with Gasteiger partial charge >= 0.3 is 0 Å². The van der Waals surface area contributed by atoms with E-state index in [0.717, 1.165) is 69.0 Å². The van der Waals surface area contributed by atoms with Crippen LogP contribution in [0, 0.1) is 11.3 Å². The monoisotopic (exact) mass is 453 g/mol. The third-order valence-electron chi connectivity index (χ3n) is 10.1. The maximum atomic E-state index is 12.7. The molecule has 5 atom stereocenters. The van der Waals surface area contributed by atoms with Gasteiger partial charge in [-0.25, -0.2) is 0 Å². The Morgan fingerprint density at radius 1 is 1.21 bits per heavy atom. The number of hydrogen-bond donors (Lipinski definition) is 2. The van der Waals surface area contributed by atoms with E-state index in [1.165, 1.54) is 29.5 Å². The molecule has 178 valence electrons. The normalized spacial score (nSPS) is 41.6. The molecule has 3 saturated carbocycles. The van der Waals surface area contributed by atoms with Crippen molar-refractivity contribution >= 4 is 0 Å². The minimum atomic E-state index is -0.798. The van der Waals surface area contributed by atoms with Crippen molar-refractivity contribution in [1.82, 2.24) is 4.90 Å². The van der Waals surface area contributed by atoms with Crippen LogP contribution in [0.5, 0.6) is 11.5 Å². The zero-order valence-corrected chi connectivity index (χ0v) is 19.5. The number of aliphatic hydroxyl groups is 2. The van der Waals surface area contributed by atoms with Gasteiger partial charge in [-0.3, -0.25) is 4.90 Å². The molecule has 6 aliphatic rings. The van der Waals surface area contributed by atoms with E-state index in [-0.39, 0.29) is 31.0 Å². The summed E-state index contributed by atoms with van der Waals surface area (Å²) in [6.07, 6.45) is 10.1. The van der Waals surface area contributed by atoms with Crippen molar-refractivity contribution in [3.63, 3.8) is 0 Å². The molecule has 1 aromatic carbocycles. The van der Waals surface area contributed by atoms with Crippen molar-refractivity contribution in [2.75, 3.05) is 33.6 Å². The van der Waals surface area contributed by atoms with Crippen LogP contribution in [-0.2, 0) is 16.6 Å². The van der Waals surface area contributed by atoms with Gasteiger partial charge in [-0.05, 0) is 75.5 Å². The molecule has 1 saturated heterocycles. The molecule has 1 aromatic rings. The first kappa shape index (κ1) is 20.7. The highest BCUT2D eigenvalue weighted by molar-refractivity contribution is 5.64. The molecule has 6 nitrogen and oxygen atoms in total. The minimum absolute atomic E-state index is 0.0687. The van der Waals surface area contributed by atoms with Crippen LogP contribution in [0.4, 0.5) is 0 Å². The van der Waals surface area contributed by atoms with Crippen LogP contribution in [0.1, 0.15) is 56.1 Å². The van der Waals surface area contributed by atoms with E-state index < -0.39 is 11.0 Å². The largest absolute Gasteiger partial charge is 0.484 e. The molecule has 0 unspecified atom stereocenters. The summed E-state index contributed by atoms with van der Waals surface area (Å²) in [5.41, 5.74) is 2.54. The second kappa shape index (κ2) is 6.97. The number of methoxy groups -OCH3 is 1. The van der Waals surface area contributed by atoms with Crippen molar-refractivity contribution in [3.8, 4) is 11.5 Å². The Morgan fingerprint density at radius 3 is 2.82 bits per heavy atom. The van der Waals surface area contributed by atoms with Crippen LogP contribution >= 0.6 is 0 Å². The molecule has 0 aromatic heterocycles. The fourth-order valence-electron chi connectivity index (χ4n) is 8.42. The quantitative estimate of drug-likeness (QED) is 0.510. The molecular weight excluding hydrogens is 418 g/mol. The standard InChI is InChI=1S/C27H35NO5/c1-31-16-32-20-5-4-18-14-21-27(30)10-9-25(8-6-19(25)7-13-29)24-26(27,22(18)23(20)33-24)11-12-28(21)15-17-2-3-17/h4-5,7,17,21,24,29-30H,2-3,6,8-16H2,1H3/b19-7+/t21-,24+,25+,26+,27-/m1/s1. The second-order valence-electron chi connectivity index (χ2n) is 11.3. The van der Waals surface area contributed by atoms with Crippen LogP contribution in [0.25, 0.3) is 0 Å². The lowest BCUT2D eigenvalue weighted by Crippen LogP contribution is -2.78. The lowest BCUT2D eigenvalue weighted by molar-refractivity contribution is -0.218. The molecule has 33 heavy (non-hydrogen) atoms. The van der Waals surface area contributed by atoms with Crippen LogP contribution in [0.3, 0.4) is 0 Å². The van der Waals surface area contributed by atoms with Gasteiger partial charge in [0.15, 0.2) is 18.3 Å². The first-order valence-corrected chi connectivity index (χ1v) is 12.8. The minimum Gasteiger partial charge on any atom is -0.484 e. The average Bonchev–Trinajstić information content (AvgIpc) is 3.55. The molecule has 2 bridgehead atoms. The van der Waals surface area contributed by atoms with E-state index in [9.17, 15) is 10.2 Å². The van der Waals surface area contributed by atoms with Crippen LogP contribution in [-0.4, -0.2) is 66.5 Å². The Hall–Kier alpha value is -1.60. The van der Waals surface area contributed by atoms with Crippen molar-refractivity contribution in [1.29, 1.82) is 0 Å². The van der Waals surface area contributed by atoms with Gasteiger partial charge in [0.2, 0.25) is 0 Å². The molecule has 4 fully saturated rings. The number of hydrogen-bond acceptors (Lipinski definition) is 6. The number of likely N-dealkylation sites (tertiary alicyclic amines) is 1. The Morgan fingerprint density at radius 2 is 2.09 bits per heavy atom. The maximum absolute atomic E-state index is 12.7. The number of nitrogens with zero attached hydrogens (tertiary/aromatic N) is 1. The third kappa shape index (κ3) is 2.48. The number of benzene rings is 1. The fraction of sp³-hybridized carbons (Fsp3) is 0.704. The third-order valence-corrected chi connectivity index (χ3v) is 10.1. The summed E-state index contributed by atoms with van der Waals surface area (Å²) in [5, 5.41) is 22.4.